The van der Waals surface area contributed by atoms with Crippen molar-refractivity contribution in [2.75, 3.05) is 11.1 Å². The van der Waals surface area contributed by atoms with Gasteiger partial charge in [-0.05, 0) is 6.92 Å². The molecule has 0 radical (unpaired) electrons. The Labute approximate surface area is 87.0 Å². The summed E-state index contributed by atoms with van der Waals surface area (Å²) in [7, 11) is 1.82. The average molecular weight is 207 g/mol. The lowest BCUT2D eigenvalue weighted by atomic mass is 10.4. The molecule has 0 saturated carbocycles. The highest BCUT2D eigenvalue weighted by molar-refractivity contribution is 5.59. The van der Waals surface area contributed by atoms with Crippen LogP contribution in [-0.4, -0.2) is 14.9 Å². The van der Waals surface area contributed by atoms with E-state index in [1.54, 1.807) is 10.9 Å². The summed E-state index contributed by atoms with van der Waals surface area (Å²) in [4.78, 5) is 0. The van der Waals surface area contributed by atoms with Crippen LogP contribution in [0.2, 0.25) is 0 Å². The van der Waals surface area contributed by atoms with Crippen LogP contribution in [0.1, 0.15) is 11.5 Å². The third-order valence-corrected chi connectivity index (χ3v) is 1.97. The summed E-state index contributed by atoms with van der Waals surface area (Å²) in [5.74, 6) is 1.46. The van der Waals surface area contributed by atoms with Crippen LogP contribution in [0.3, 0.4) is 0 Å². The lowest BCUT2D eigenvalue weighted by Crippen LogP contribution is -2.02. The van der Waals surface area contributed by atoms with Gasteiger partial charge in [0.1, 0.15) is 11.5 Å². The van der Waals surface area contributed by atoms with Crippen molar-refractivity contribution in [2.24, 2.45) is 7.05 Å². The number of nitrogens with two attached hydrogens (primary N) is 1. The third-order valence-electron chi connectivity index (χ3n) is 1.97. The Kier molecular flexibility index (Phi) is 2.32. The Bertz CT molecular complexity index is 459. The van der Waals surface area contributed by atoms with E-state index in [1.165, 1.54) is 0 Å². The largest absolute Gasteiger partial charge is 0.394 e. The number of rotatable bonds is 3. The Morgan fingerprint density at radius 1 is 1.60 bits per heavy atom. The van der Waals surface area contributed by atoms with E-state index in [0.717, 1.165) is 11.5 Å². The molecule has 0 amide bonds. The minimum Gasteiger partial charge on any atom is -0.394 e. The molecule has 0 aliphatic rings. The van der Waals surface area contributed by atoms with Crippen molar-refractivity contribution >= 4 is 11.5 Å². The first-order valence-electron chi connectivity index (χ1n) is 4.60. The quantitative estimate of drug-likeness (QED) is 0.781. The van der Waals surface area contributed by atoms with Crippen molar-refractivity contribution in [3.63, 3.8) is 0 Å². The number of hydrogen-bond donors (Lipinski definition) is 2. The maximum Gasteiger partial charge on any atom is 0.171 e. The van der Waals surface area contributed by atoms with Gasteiger partial charge in [0.2, 0.25) is 0 Å². The van der Waals surface area contributed by atoms with Gasteiger partial charge in [-0.25, -0.2) is 0 Å². The predicted octanol–water partition coefficient (Wildman–Crippen LogP) is 0.911. The van der Waals surface area contributed by atoms with Gasteiger partial charge >= 0.3 is 0 Å². The normalized spacial score (nSPS) is 10.5. The molecule has 2 aromatic rings. The summed E-state index contributed by atoms with van der Waals surface area (Å²) in [6.45, 7) is 2.41. The van der Waals surface area contributed by atoms with E-state index >= 15 is 0 Å². The number of nitrogens with one attached hydrogen (secondary N) is 1. The maximum absolute atomic E-state index is 5.72. The van der Waals surface area contributed by atoms with Gasteiger partial charge in [-0.1, -0.05) is 5.16 Å². The van der Waals surface area contributed by atoms with Crippen LogP contribution in [0.4, 0.5) is 11.5 Å². The van der Waals surface area contributed by atoms with Gasteiger partial charge in [0.05, 0.1) is 12.2 Å². The van der Waals surface area contributed by atoms with Crippen molar-refractivity contribution in [3.05, 3.63) is 23.7 Å². The van der Waals surface area contributed by atoms with Crippen LogP contribution < -0.4 is 11.1 Å². The molecule has 0 bridgehead atoms. The molecule has 3 N–H and O–H groups in total. The molecule has 15 heavy (non-hydrogen) atoms. The number of aromatic nitrogens is 3. The first-order chi connectivity index (χ1) is 7.15. The van der Waals surface area contributed by atoms with Gasteiger partial charge in [0.25, 0.3) is 0 Å². The molecule has 0 spiro atoms. The minimum absolute atomic E-state index is 0.554. The van der Waals surface area contributed by atoms with E-state index in [9.17, 15) is 0 Å². The third kappa shape index (κ3) is 2.09. The summed E-state index contributed by atoms with van der Waals surface area (Å²) in [5.41, 5.74) is 7.18. The van der Waals surface area contributed by atoms with E-state index in [-0.39, 0.29) is 0 Å². The monoisotopic (exact) mass is 207 g/mol. The molecule has 2 heterocycles. The van der Waals surface area contributed by atoms with E-state index < -0.39 is 0 Å². The van der Waals surface area contributed by atoms with Gasteiger partial charge in [0, 0.05) is 19.3 Å². The zero-order valence-electron chi connectivity index (χ0n) is 8.69. The lowest BCUT2D eigenvalue weighted by molar-refractivity contribution is 0.391. The Morgan fingerprint density at radius 2 is 2.40 bits per heavy atom. The molecule has 0 aliphatic carbocycles. The molecule has 6 nitrogen and oxygen atoms in total. The number of aryl methyl sites for hydroxylation is 2. The van der Waals surface area contributed by atoms with Crippen molar-refractivity contribution in [1.82, 2.24) is 14.9 Å². The summed E-state index contributed by atoms with van der Waals surface area (Å²) in [6.07, 6.45) is 1.75. The fourth-order valence-corrected chi connectivity index (χ4v) is 1.32. The van der Waals surface area contributed by atoms with Crippen LogP contribution in [-0.2, 0) is 13.6 Å². The highest BCUT2D eigenvalue weighted by Crippen LogP contribution is 2.15. The molecule has 0 aliphatic heterocycles. The van der Waals surface area contributed by atoms with Crippen LogP contribution >= 0.6 is 0 Å². The number of nitrogen functional groups attached to an aromatic ring is 1. The first kappa shape index (κ1) is 9.57. The predicted molar refractivity (Wildman–Crippen MR) is 56.2 cm³/mol. The lowest BCUT2D eigenvalue weighted by Gasteiger charge is -1.99. The zero-order valence-corrected chi connectivity index (χ0v) is 8.69. The molecule has 0 atom stereocenters. The Hall–Kier alpha value is -1.98. The molecule has 6 heteroatoms. The van der Waals surface area contributed by atoms with Crippen LogP contribution in [0.25, 0.3) is 0 Å². The fraction of sp³-hybridized carbons (Fsp3) is 0.333. The van der Waals surface area contributed by atoms with Crippen molar-refractivity contribution in [3.8, 4) is 0 Å². The smallest absolute Gasteiger partial charge is 0.171 e. The highest BCUT2D eigenvalue weighted by Gasteiger charge is 2.05. The van der Waals surface area contributed by atoms with Crippen molar-refractivity contribution < 1.29 is 4.52 Å². The minimum atomic E-state index is 0.554. The Balaban J connectivity index is 2.01. The number of hydrogen-bond acceptors (Lipinski definition) is 5. The van der Waals surface area contributed by atoms with Crippen LogP contribution in [0.15, 0.2) is 16.8 Å². The molecule has 80 valence electrons. The van der Waals surface area contributed by atoms with E-state index in [2.05, 4.69) is 15.6 Å². The van der Waals surface area contributed by atoms with Gasteiger partial charge in [-0.15, -0.1) is 0 Å². The average Bonchev–Trinajstić information content (AvgIpc) is 2.70. The first-order valence-corrected chi connectivity index (χ1v) is 4.60. The van der Waals surface area contributed by atoms with Crippen LogP contribution in [0.5, 0.6) is 0 Å². The summed E-state index contributed by atoms with van der Waals surface area (Å²) in [5, 5.41) is 11.1. The number of nitrogens with zero attached hydrogens (tertiary/aromatic N) is 3. The summed E-state index contributed by atoms with van der Waals surface area (Å²) < 4.78 is 6.60. The van der Waals surface area contributed by atoms with Crippen LogP contribution in [0, 0.1) is 6.92 Å². The van der Waals surface area contributed by atoms with Crippen molar-refractivity contribution in [2.45, 2.75) is 13.5 Å². The highest BCUT2D eigenvalue weighted by atomic mass is 16.5. The summed E-state index contributed by atoms with van der Waals surface area (Å²) >= 11 is 0. The molecule has 0 saturated heterocycles. The van der Waals surface area contributed by atoms with E-state index in [0.29, 0.717) is 18.1 Å². The maximum atomic E-state index is 5.72. The topological polar surface area (TPSA) is 81.9 Å². The molecule has 2 aromatic heterocycles. The van der Waals surface area contributed by atoms with Gasteiger partial charge in [-0.2, -0.15) is 5.10 Å². The molecular formula is C9H13N5O. The SMILES string of the molecule is Cc1cc(CNc2nn(C)cc2N)no1. The number of anilines is 2. The molecule has 2 rings (SSSR count). The van der Waals surface area contributed by atoms with Gasteiger partial charge in [0.15, 0.2) is 5.82 Å². The van der Waals surface area contributed by atoms with Gasteiger partial charge < -0.3 is 15.6 Å². The molecule has 0 fully saturated rings. The van der Waals surface area contributed by atoms with E-state index in [1.807, 2.05) is 20.0 Å². The zero-order chi connectivity index (χ0) is 10.8. The molecule has 0 aromatic carbocycles. The molecular weight excluding hydrogens is 194 g/mol. The Morgan fingerprint density at radius 3 is 2.93 bits per heavy atom. The standard InChI is InChI=1S/C9H13N5O/c1-6-3-7(13-15-6)4-11-9-8(10)5-14(2)12-9/h3,5H,4,10H2,1-2H3,(H,11,12). The second-order valence-corrected chi connectivity index (χ2v) is 3.39. The second-order valence-electron chi connectivity index (χ2n) is 3.39. The van der Waals surface area contributed by atoms with Crippen molar-refractivity contribution in [1.29, 1.82) is 0 Å². The van der Waals surface area contributed by atoms with E-state index in [4.69, 9.17) is 10.3 Å². The summed E-state index contributed by atoms with van der Waals surface area (Å²) in [6, 6.07) is 1.87. The van der Waals surface area contributed by atoms with Gasteiger partial charge in [-0.3, -0.25) is 4.68 Å². The second kappa shape index (κ2) is 3.64. The fourth-order valence-electron chi connectivity index (χ4n) is 1.32. The molecule has 0 unspecified atom stereocenters.